The van der Waals surface area contributed by atoms with E-state index < -0.39 is 0 Å². The summed E-state index contributed by atoms with van der Waals surface area (Å²) in [7, 11) is 1.50. The van der Waals surface area contributed by atoms with E-state index in [0.717, 1.165) is 4.68 Å². The molecule has 3 heterocycles. The molecule has 0 bridgehead atoms. The quantitative estimate of drug-likeness (QED) is 0.758. The fraction of sp³-hybridized carbons (Fsp3) is 0.438. The minimum atomic E-state index is -0.285. The van der Waals surface area contributed by atoms with Crippen LogP contribution in [0.25, 0.3) is 0 Å². The minimum Gasteiger partial charge on any atom is -0.474 e. The predicted octanol–water partition coefficient (Wildman–Crippen LogP) is 0.112. The van der Waals surface area contributed by atoms with Gasteiger partial charge in [0.25, 0.3) is 5.56 Å². The second-order valence-corrected chi connectivity index (χ2v) is 5.60. The average Bonchev–Trinajstić information content (AvgIpc) is 2.64. The number of hydrogen-bond donors (Lipinski definition) is 0. The molecule has 132 valence electrons. The van der Waals surface area contributed by atoms with E-state index in [-0.39, 0.29) is 30.1 Å². The number of carbonyl (C=O) groups is 1. The van der Waals surface area contributed by atoms with E-state index in [1.165, 1.54) is 19.4 Å². The van der Waals surface area contributed by atoms with Crippen LogP contribution in [0.4, 0.5) is 0 Å². The third-order valence-electron chi connectivity index (χ3n) is 3.94. The molecule has 9 heteroatoms. The molecule has 2 aromatic heterocycles. The lowest BCUT2D eigenvalue weighted by Crippen LogP contribution is -2.44. The molecule has 0 saturated carbocycles. The van der Waals surface area contributed by atoms with Crippen molar-refractivity contribution in [2.45, 2.75) is 25.5 Å². The number of hydrogen-bond acceptors (Lipinski definition) is 7. The Balaban J connectivity index is 1.52. The monoisotopic (exact) mass is 345 g/mol. The Morgan fingerprint density at radius 1 is 1.28 bits per heavy atom. The van der Waals surface area contributed by atoms with Gasteiger partial charge in [-0.3, -0.25) is 9.59 Å². The van der Waals surface area contributed by atoms with Crippen molar-refractivity contribution >= 4 is 5.91 Å². The predicted molar refractivity (Wildman–Crippen MR) is 87.3 cm³/mol. The van der Waals surface area contributed by atoms with E-state index >= 15 is 0 Å². The highest BCUT2D eigenvalue weighted by atomic mass is 16.5. The summed E-state index contributed by atoms with van der Waals surface area (Å²) in [6.45, 7) is 1.08. The Morgan fingerprint density at radius 3 is 2.80 bits per heavy atom. The highest BCUT2D eigenvalue weighted by molar-refractivity contribution is 5.75. The first-order valence-electron chi connectivity index (χ1n) is 7.99. The van der Waals surface area contributed by atoms with Crippen molar-refractivity contribution in [2.75, 3.05) is 20.2 Å². The van der Waals surface area contributed by atoms with E-state index in [0.29, 0.717) is 31.8 Å². The van der Waals surface area contributed by atoms with Crippen LogP contribution >= 0.6 is 0 Å². The minimum absolute atomic E-state index is 0.0266. The number of aromatic nitrogens is 4. The maximum Gasteiger partial charge on any atom is 0.319 e. The number of amides is 1. The van der Waals surface area contributed by atoms with Gasteiger partial charge in [-0.15, -0.1) is 0 Å². The van der Waals surface area contributed by atoms with Gasteiger partial charge in [0.2, 0.25) is 11.8 Å². The molecule has 1 fully saturated rings. The lowest BCUT2D eigenvalue weighted by atomic mass is 10.1. The second-order valence-electron chi connectivity index (χ2n) is 5.60. The van der Waals surface area contributed by atoms with E-state index in [4.69, 9.17) is 9.47 Å². The number of piperidine rings is 1. The summed E-state index contributed by atoms with van der Waals surface area (Å²) in [5.74, 6) is 0.333. The van der Waals surface area contributed by atoms with Crippen molar-refractivity contribution in [3.05, 3.63) is 40.9 Å². The van der Waals surface area contributed by atoms with Crippen molar-refractivity contribution < 1.29 is 14.3 Å². The zero-order valence-electron chi connectivity index (χ0n) is 13.9. The summed E-state index contributed by atoms with van der Waals surface area (Å²) in [6, 6.07) is 4.86. The summed E-state index contributed by atoms with van der Waals surface area (Å²) in [5, 5.41) is 3.91. The molecule has 0 radical (unpaired) electrons. The van der Waals surface area contributed by atoms with Crippen molar-refractivity contribution in [2.24, 2.45) is 0 Å². The van der Waals surface area contributed by atoms with Gasteiger partial charge >= 0.3 is 6.01 Å². The van der Waals surface area contributed by atoms with E-state index in [1.807, 2.05) is 0 Å². The van der Waals surface area contributed by atoms with Crippen LogP contribution in [0.3, 0.4) is 0 Å². The summed E-state index contributed by atoms with van der Waals surface area (Å²) in [6.07, 6.45) is 4.42. The molecule has 0 atom stereocenters. The molecule has 1 saturated heterocycles. The van der Waals surface area contributed by atoms with Gasteiger partial charge in [-0.2, -0.15) is 10.1 Å². The molecule has 1 aliphatic rings. The number of likely N-dealkylation sites (tertiary alicyclic amines) is 1. The third kappa shape index (κ3) is 4.31. The molecule has 0 unspecified atom stereocenters. The zero-order valence-corrected chi connectivity index (χ0v) is 13.9. The lowest BCUT2D eigenvalue weighted by Gasteiger charge is -2.31. The Labute approximate surface area is 144 Å². The highest BCUT2D eigenvalue weighted by Crippen LogP contribution is 2.18. The third-order valence-corrected chi connectivity index (χ3v) is 3.94. The molecule has 1 amide bonds. The van der Waals surface area contributed by atoms with Crippen molar-refractivity contribution in [1.82, 2.24) is 24.6 Å². The molecular weight excluding hydrogens is 326 g/mol. The summed E-state index contributed by atoms with van der Waals surface area (Å²) in [5.41, 5.74) is -0.285. The van der Waals surface area contributed by atoms with Crippen LogP contribution < -0.4 is 15.0 Å². The van der Waals surface area contributed by atoms with Gasteiger partial charge in [-0.05, 0) is 6.07 Å². The van der Waals surface area contributed by atoms with Gasteiger partial charge in [-0.25, -0.2) is 9.67 Å². The molecule has 1 aliphatic heterocycles. The van der Waals surface area contributed by atoms with E-state index in [2.05, 4.69) is 15.1 Å². The molecule has 0 aliphatic carbocycles. The Hall–Kier alpha value is -2.97. The normalized spacial score (nSPS) is 15.0. The van der Waals surface area contributed by atoms with Crippen LogP contribution in [0.2, 0.25) is 0 Å². The molecule has 9 nitrogen and oxygen atoms in total. The maximum atomic E-state index is 12.3. The van der Waals surface area contributed by atoms with Crippen LogP contribution in [0.5, 0.6) is 11.9 Å². The number of nitrogens with zero attached hydrogens (tertiary/aromatic N) is 5. The molecular formula is C16H19N5O4. The topological polar surface area (TPSA) is 99.4 Å². The van der Waals surface area contributed by atoms with Crippen LogP contribution in [-0.2, 0) is 11.3 Å². The first-order valence-corrected chi connectivity index (χ1v) is 7.99. The van der Waals surface area contributed by atoms with Crippen LogP contribution in [0.15, 0.2) is 35.4 Å². The fourth-order valence-corrected chi connectivity index (χ4v) is 2.62. The molecule has 25 heavy (non-hydrogen) atoms. The first kappa shape index (κ1) is 16.9. The van der Waals surface area contributed by atoms with Gasteiger partial charge in [-0.1, -0.05) is 0 Å². The fourth-order valence-electron chi connectivity index (χ4n) is 2.62. The van der Waals surface area contributed by atoms with Crippen LogP contribution in [0.1, 0.15) is 12.8 Å². The van der Waals surface area contributed by atoms with Gasteiger partial charge in [0, 0.05) is 50.5 Å². The Bertz CT molecular complexity index is 786. The van der Waals surface area contributed by atoms with Crippen molar-refractivity contribution in [1.29, 1.82) is 0 Å². The SMILES string of the molecule is COc1nccc(OC2CCN(C(=O)Cn3ncccc3=O)CC2)n1. The Morgan fingerprint density at radius 2 is 2.08 bits per heavy atom. The second kappa shape index (κ2) is 7.73. The number of carbonyl (C=O) groups excluding carboxylic acids is 1. The van der Waals surface area contributed by atoms with Gasteiger partial charge in [0.1, 0.15) is 12.6 Å². The van der Waals surface area contributed by atoms with Crippen LogP contribution in [-0.4, -0.2) is 56.9 Å². The summed E-state index contributed by atoms with van der Waals surface area (Å²) >= 11 is 0. The zero-order chi connectivity index (χ0) is 17.6. The van der Waals surface area contributed by atoms with Crippen molar-refractivity contribution in [3.63, 3.8) is 0 Å². The van der Waals surface area contributed by atoms with Gasteiger partial charge in [0.15, 0.2) is 0 Å². The molecule has 0 N–H and O–H groups in total. The van der Waals surface area contributed by atoms with Gasteiger partial charge in [0.05, 0.1) is 7.11 Å². The summed E-state index contributed by atoms with van der Waals surface area (Å²) < 4.78 is 12.0. The maximum absolute atomic E-state index is 12.3. The Kier molecular flexibility index (Phi) is 5.22. The summed E-state index contributed by atoms with van der Waals surface area (Å²) in [4.78, 5) is 33.7. The lowest BCUT2D eigenvalue weighted by molar-refractivity contribution is -0.133. The molecule has 0 aromatic carbocycles. The smallest absolute Gasteiger partial charge is 0.319 e. The number of methoxy groups -OCH3 is 1. The van der Waals surface area contributed by atoms with Gasteiger partial charge < -0.3 is 14.4 Å². The van der Waals surface area contributed by atoms with E-state index in [1.54, 1.807) is 23.2 Å². The number of rotatable bonds is 5. The highest BCUT2D eigenvalue weighted by Gasteiger charge is 2.24. The molecule has 2 aromatic rings. The van der Waals surface area contributed by atoms with Crippen molar-refractivity contribution in [3.8, 4) is 11.9 Å². The average molecular weight is 345 g/mol. The van der Waals surface area contributed by atoms with Crippen LogP contribution in [0, 0.1) is 0 Å². The molecule has 3 rings (SSSR count). The standard InChI is InChI=1S/C16H19N5O4/c1-24-16-17-8-4-13(19-16)25-12-5-9-20(10-6-12)15(23)11-21-14(22)3-2-7-18-21/h2-4,7-8,12H,5-6,9-11H2,1H3. The number of ether oxygens (including phenoxy) is 2. The molecule has 0 spiro atoms. The first-order chi connectivity index (χ1) is 12.2. The van der Waals surface area contributed by atoms with E-state index in [9.17, 15) is 9.59 Å². The largest absolute Gasteiger partial charge is 0.474 e.